The third kappa shape index (κ3) is 2.79. The molecule has 1 atom stereocenters. The quantitative estimate of drug-likeness (QED) is 0.785. The first-order chi connectivity index (χ1) is 6.44. The van der Waals surface area contributed by atoms with Crippen molar-refractivity contribution < 1.29 is 14.3 Å². The molecule has 0 aliphatic heterocycles. The Hall–Kier alpha value is -0.930. The van der Waals surface area contributed by atoms with Gasteiger partial charge in [0.15, 0.2) is 6.29 Å². The molecule has 0 radical (unpaired) electrons. The summed E-state index contributed by atoms with van der Waals surface area (Å²) in [7, 11) is 0. The molecule has 14 heavy (non-hydrogen) atoms. The van der Waals surface area contributed by atoms with E-state index in [0.717, 1.165) is 0 Å². The van der Waals surface area contributed by atoms with Gasteiger partial charge in [-0.05, 0) is 24.6 Å². The number of rotatable bonds is 3. The van der Waals surface area contributed by atoms with Crippen LogP contribution in [-0.2, 0) is 11.2 Å². The summed E-state index contributed by atoms with van der Waals surface area (Å²) >= 11 is 5.54. The topological polar surface area (TPSA) is 37.3 Å². The Balaban J connectivity index is 2.88. The fraction of sp³-hybridized carbons (Fsp3) is 0.300. The predicted molar refractivity (Wildman–Crippen MR) is 51.8 cm³/mol. The van der Waals surface area contributed by atoms with E-state index in [4.69, 9.17) is 11.6 Å². The van der Waals surface area contributed by atoms with Crippen molar-refractivity contribution in [1.82, 2.24) is 0 Å². The number of aliphatic hydroxyl groups is 1. The molecule has 0 aromatic heterocycles. The van der Waals surface area contributed by atoms with Crippen LogP contribution in [0.2, 0.25) is 5.02 Å². The van der Waals surface area contributed by atoms with E-state index in [9.17, 15) is 14.3 Å². The van der Waals surface area contributed by atoms with Gasteiger partial charge in [-0.1, -0.05) is 17.7 Å². The lowest BCUT2D eigenvalue weighted by Gasteiger charge is -2.15. The first-order valence-corrected chi connectivity index (χ1v) is 4.45. The standard InChI is InChI=1S/C10H10ClFO2/c1-10(14,6-13)5-7-2-3-9(12)8(11)4-7/h2-4,6,14H,5H2,1H3. The highest BCUT2D eigenvalue weighted by atomic mass is 35.5. The van der Waals surface area contributed by atoms with Gasteiger partial charge in [-0.25, -0.2) is 4.39 Å². The maximum Gasteiger partial charge on any atom is 0.151 e. The number of aldehydes is 1. The number of hydrogen-bond donors (Lipinski definition) is 1. The normalized spacial score (nSPS) is 14.9. The van der Waals surface area contributed by atoms with Gasteiger partial charge >= 0.3 is 0 Å². The third-order valence-corrected chi connectivity index (χ3v) is 2.09. The van der Waals surface area contributed by atoms with Gasteiger partial charge in [0.25, 0.3) is 0 Å². The highest BCUT2D eigenvalue weighted by Crippen LogP contribution is 2.19. The average molecular weight is 217 g/mol. The molecule has 0 aliphatic rings. The Labute approximate surface area is 86.3 Å². The molecule has 1 N–H and O–H groups in total. The summed E-state index contributed by atoms with van der Waals surface area (Å²) in [4.78, 5) is 10.4. The molecule has 0 bridgehead atoms. The molecule has 0 fully saturated rings. The van der Waals surface area contributed by atoms with Gasteiger partial charge in [0, 0.05) is 6.42 Å². The molecule has 0 heterocycles. The van der Waals surface area contributed by atoms with E-state index >= 15 is 0 Å². The largest absolute Gasteiger partial charge is 0.382 e. The van der Waals surface area contributed by atoms with E-state index in [1.165, 1.54) is 25.1 Å². The number of carbonyl (C=O) groups is 1. The van der Waals surface area contributed by atoms with Crippen LogP contribution < -0.4 is 0 Å². The molecule has 1 aromatic carbocycles. The molecule has 0 aliphatic carbocycles. The molecule has 0 spiro atoms. The molecule has 2 nitrogen and oxygen atoms in total. The van der Waals surface area contributed by atoms with E-state index in [1.807, 2.05) is 0 Å². The van der Waals surface area contributed by atoms with Gasteiger partial charge in [0.1, 0.15) is 11.4 Å². The maximum absolute atomic E-state index is 12.7. The molecular formula is C10H10ClFO2. The molecule has 1 aromatic rings. The van der Waals surface area contributed by atoms with Crippen molar-refractivity contribution in [2.75, 3.05) is 0 Å². The Morgan fingerprint density at radius 2 is 2.29 bits per heavy atom. The lowest BCUT2D eigenvalue weighted by Crippen LogP contribution is -2.28. The average Bonchev–Trinajstić information content (AvgIpc) is 2.11. The Morgan fingerprint density at radius 1 is 1.64 bits per heavy atom. The number of benzene rings is 1. The van der Waals surface area contributed by atoms with E-state index in [0.29, 0.717) is 11.8 Å². The van der Waals surface area contributed by atoms with Crippen LogP contribution in [0.15, 0.2) is 18.2 Å². The molecule has 4 heteroatoms. The van der Waals surface area contributed by atoms with Gasteiger partial charge in [-0.2, -0.15) is 0 Å². The molecule has 0 amide bonds. The van der Waals surface area contributed by atoms with Gasteiger partial charge < -0.3 is 9.90 Å². The van der Waals surface area contributed by atoms with Crippen LogP contribution in [0.5, 0.6) is 0 Å². The Bertz CT molecular complexity index is 350. The van der Waals surface area contributed by atoms with Crippen LogP contribution in [0.1, 0.15) is 12.5 Å². The molecule has 1 unspecified atom stereocenters. The van der Waals surface area contributed by atoms with Gasteiger partial charge in [-0.15, -0.1) is 0 Å². The summed E-state index contributed by atoms with van der Waals surface area (Å²) in [5.74, 6) is -0.513. The minimum absolute atomic E-state index is 0.0100. The second kappa shape index (κ2) is 4.07. The van der Waals surface area contributed by atoms with Crippen molar-refractivity contribution >= 4 is 17.9 Å². The van der Waals surface area contributed by atoms with E-state index in [2.05, 4.69) is 0 Å². The van der Waals surface area contributed by atoms with Gasteiger partial charge in [0.05, 0.1) is 5.02 Å². The van der Waals surface area contributed by atoms with Crippen LogP contribution in [0.25, 0.3) is 0 Å². The zero-order valence-corrected chi connectivity index (χ0v) is 8.38. The SMILES string of the molecule is CC(O)(C=O)Cc1ccc(F)c(Cl)c1. The molecule has 0 saturated carbocycles. The number of hydrogen-bond acceptors (Lipinski definition) is 2. The fourth-order valence-electron chi connectivity index (χ4n) is 1.10. The van der Waals surface area contributed by atoms with Crippen LogP contribution in [0.3, 0.4) is 0 Å². The number of halogens is 2. The van der Waals surface area contributed by atoms with Crippen molar-refractivity contribution in [3.8, 4) is 0 Å². The third-order valence-electron chi connectivity index (χ3n) is 1.80. The van der Waals surface area contributed by atoms with E-state index in [-0.39, 0.29) is 11.4 Å². The van der Waals surface area contributed by atoms with Crippen molar-refractivity contribution in [2.24, 2.45) is 0 Å². The maximum atomic E-state index is 12.7. The molecular weight excluding hydrogens is 207 g/mol. The van der Waals surface area contributed by atoms with Crippen molar-refractivity contribution in [3.05, 3.63) is 34.6 Å². The minimum atomic E-state index is -1.43. The monoisotopic (exact) mass is 216 g/mol. The van der Waals surface area contributed by atoms with Crippen molar-refractivity contribution in [2.45, 2.75) is 18.9 Å². The lowest BCUT2D eigenvalue weighted by atomic mass is 9.98. The lowest BCUT2D eigenvalue weighted by molar-refractivity contribution is -0.122. The van der Waals surface area contributed by atoms with E-state index < -0.39 is 11.4 Å². The van der Waals surface area contributed by atoms with Crippen LogP contribution in [0.4, 0.5) is 4.39 Å². The van der Waals surface area contributed by atoms with E-state index in [1.54, 1.807) is 0 Å². The van der Waals surface area contributed by atoms with Crippen molar-refractivity contribution in [3.63, 3.8) is 0 Å². The van der Waals surface area contributed by atoms with Gasteiger partial charge in [-0.3, -0.25) is 0 Å². The summed E-state index contributed by atoms with van der Waals surface area (Å²) in [5, 5.41) is 9.42. The minimum Gasteiger partial charge on any atom is -0.382 e. The van der Waals surface area contributed by atoms with Crippen molar-refractivity contribution in [1.29, 1.82) is 0 Å². The zero-order chi connectivity index (χ0) is 10.8. The summed E-state index contributed by atoms with van der Waals surface area (Å²) < 4.78 is 12.7. The number of carbonyl (C=O) groups excluding carboxylic acids is 1. The van der Waals surface area contributed by atoms with Crippen LogP contribution in [0, 0.1) is 5.82 Å². The van der Waals surface area contributed by atoms with Gasteiger partial charge in [0.2, 0.25) is 0 Å². The summed E-state index contributed by atoms with van der Waals surface area (Å²) in [6, 6.07) is 4.09. The predicted octanol–water partition coefficient (Wildman–Crippen LogP) is 1.97. The second-order valence-electron chi connectivity index (χ2n) is 3.40. The van der Waals surface area contributed by atoms with Crippen LogP contribution in [-0.4, -0.2) is 17.0 Å². The molecule has 76 valence electrons. The Kier molecular flexibility index (Phi) is 3.24. The summed E-state index contributed by atoms with van der Waals surface area (Å²) in [6.45, 7) is 1.39. The van der Waals surface area contributed by atoms with Crippen LogP contribution >= 0.6 is 11.6 Å². The first-order valence-electron chi connectivity index (χ1n) is 4.07. The highest BCUT2D eigenvalue weighted by Gasteiger charge is 2.19. The Morgan fingerprint density at radius 3 is 2.79 bits per heavy atom. The summed E-state index contributed by atoms with van der Waals surface area (Å²) in [6.07, 6.45) is 0.570. The summed E-state index contributed by atoms with van der Waals surface area (Å²) in [5.41, 5.74) is -0.810. The zero-order valence-electron chi connectivity index (χ0n) is 7.63. The second-order valence-corrected chi connectivity index (χ2v) is 3.81. The molecule has 0 saturated heterocycles. The smallest absolute Gasteiger partial charge is 0.151 e. The fourth-order valence-corrected chi connectivity index (χ4v) is 1.31. The molecule has 1 rings (SSSR count). The first kappa shape index (κ1) is 11.1. The highest BCUT2D eigenvalue weighted by molar-refractivity contribution is 6.30.